The van der Waals surface area contributed by atoms with Crippen molar-refractivity contribution in [2.75, 3.05) is 59.1 Å². The zero-order valence-corrected chi connectivity index (χ0v) is 12.5. The van der Waals surface area contributed by atoms with Gasteiger partial charge in [-0.25, -0.2) is 0 Å². The number of hydrogen-bond acceptors (Lipinski definition) is 7. The lowest BCUT2D eigenvalue weighted by Crippen LogP contribution is -2.49. The van der Waals surface area contributed by atoms with E-state index >= 15 is 0 Å². The van der Waals surface area contributed by atoms with Crippen LogP contribution in [-0.4, -0.2) is 101 Å². The lowest BCUT2D eigenvalue weighted by Gasteiger charge is -2.35. The van der Waals surface area contributed by atoms with Gasteiger partial charge in [0.15, 0.2) is 0 Å². The molecular weight excluding hydrogens is 262 g/mol. The van der Waals surface area contributed by atoms with Gasteiger partial charge in [0.2, 0.25) is 0 Å². The van der Waals surface area contributed by atoms with Crippen LogP contribution in [0.25, 0.3) is 0 Å². The van der Waals surface area contributed by atoms with Gasteiger partial charge in [-0.2, -0.15) is 0 Å². The van der Waals surface area contributed by atoms with E-state index in [9.17, 15) is 5.11 Å². The predicted molar refractivity (Wildman–Crippen MR) is 78.4 cm³/mol. The van der Waals surface area contributed by atoms with E-state index in [0.717, 1.165) is 0 Å². The molecule has 20 heavy (non-hydrogen) atoms. The largest absolute Gasteiger partial charge is 0.395 e. The summed E-state index contributed by atoms with van der Waals surface area (Å²) in [6.45, 7) is 5.04. The molecule has 0 aromatic rings. The van der Waals surface area contributed by atoms with Crippen LogP contribution >= 0.6 is 0 Å². The summed E-state index contributed by atoms with van der Waals surface area (Å²) in [5.41, 5.74) is 5.56. The highest BCUT2D eigenvalue weighted by molar-refractivity contribution is 4.78. The molecule has 7 heteroatoms. The van der Waals surface area contributed by atoms with Crippen LogP contribution in [0.3, 0.4) is 0 Å². The molecule has 2 unspecified atom stereocenters. The number of hydrogen-bond donors (Lipinski definition) is 5. The summed E-state index contributed by atoms with van der Waals surface area (Å²) in [6.07, 6.45) is 0.0840. The van der Waals surface area contributed by atoms with E-state index in [-0.39, 0.29) is 25.9 Å². The lowest BCUT2D eigenvalue weighted by atomic mass is 10.1. The SMILES string of the molecule is CC(O)CC(CN(CCN)CCO)N(CCO)CCO. The maximum atomic E-state index is 9.64. The molecule has 0 saturated heterocycles. The van der Waals surface area contributed by atoms with Crippen LogP contribution in [0.5, 0.6) is 0 Å². The molecule has 6 N–H and O–H groups in total. The molecule has 0 radical (unpaired) electrons. The highest BCUT2D eigenvalue weighted by Crippen LogP contribution is 2.10. The topological polar surface area (TPSA) is 113 Å². The zero-order valence-electron chi connectivity index (χ0n) is 12.5. The highest BCUT2D eigenvalue weighted by atomic mass is 16.3. The molecule has 0 saturated carbocycles. The lowest BCUT2D eigenvalue weighted by molar-refractivity contribution is 0.0575. The summed E-state index contributed by atoms with van der Waals surface area (Å²) in [5, 5.41) is 37.0. The second-order valence-electron chi connectivity index (χ2n) is 5.03. The van der Waals surface area contributed by atoms with Gasteiger partial charge in [0, 0.05) is 45.3 Å². The first-order valence-electron chi connectivity index (χ1n) is 7.26. The molecular formula is C13H31N3O4. The monoisotopic (exact) mass is 293 g/mol. The number of nitrogens with zero attached hydrogens (tertiary/aromatic N) is 2. The van der Waals surface area contributed by atoms with E-state index in [0.29, 0.717) is 45.7 Å². The van der Waals surface area contributed by atoms with Crippen molar-refractivity contribution in [1.82, 2.24) is 9.80 Å². The van der Waals surface area contributed by atoms with E-state index in [2.05, 4.69) is 0 Å². The molecule has 7 nitrogen and oxygen atoms in total. The Balaban J connectivity index is 4.70. The fourth-order valence-corrected chi connectivity index (χ4v) is 2.38. The van der Waals surface area contributed by atoms with Crippen molar-refractivity contribution in [1.29, 1.82) is 0 Å². The Kier molecular flexibility index (Phi) is 12.3. The van der Waals surface area contributed by atoms with E-state index in [1.54, 1.807) is 6.92 Å². The molecule has 0 aliphatic rings. The molecule has 0 aliphatic carbocycles. The summed E-state index contributed by atoms with van der Waals surface area (Å²) in [7, 11) is 0. The molecule has 2 atom stereocenters. The summed E-state index contributed by atoms with van der Waals surface area (Å²) < 4.78 is 0. The van der Waals surface area contributed by atoms with E-state index in [1.165, 1.54) is 0 Å². The van der Waals surface area contributed by atoms with E-state index < -0.39 is 6.10 Å². The Morgan fingerprint density at radius 2 is 1.50 bits per heavy atom. The van der Waals surface area contributed by atoms with Crippen molar-refractivity contribution in [3.05, 3.63) is 0 Å². The van der Waals surface area contributed by atoms with Gasteiger partial charge < -0.3 is 26.2 Å². The van der Waals surface area contributed by atoms with Gasteiger partial charge in [0.1, 0.15) is 0 Å². The van der Waals surface area contributed by atoms with Gasteiger partial charge >= 0.3 is 0 Å². The van der Waals surface area contributed by atoms with E-state index in [1.807, 2.05) is 9.80 Å². The van der Waals surface area contributed by atoms with Crippen LogP contribution in [0.4, 0.5) is 0 Å². The van der Waals surface area contributed by atoms with Crippen LogP contribution in [0.1, 0.15) is 13.3 Å². The third kappa shape index (κ3) is 8.80. The second kappa shape index (κ2) is 12.5. The van der Waals surface area contributed by atoms with Crippen LogP contribution in [0, 0.1) is 0 Å². The van der Waals surface area contributed by atoms with Crippen molar-refractivity contribution < 1.29 is 20.4 Å². The Hall–Kier alpha value is -0.280. The van der Waals surface area contributed by atoms with Crippen LogP contribution in [0.15, 0.2) is 0 Å². The second-order valence-corrected chi connectivity index (χ2v) is 5.03. The quantitative estimate of drug-likeness (QED) is 0.259. The Morgan fingerprint density at radius 3 is 1.90 bits per heavy atom. The Labute approximate surface area is 121 Å². The maximum absolute atomic E-state index is 9.64. The number of aliphatic hydroxyl groups excluding tert-OH is 4. The average Bonchev–Trinajstić information content (AvgIpc) is 2.38. The van der Waals surface area contributed by atoms with Crippen molar-refractivity contribution >= 4 is 0 Å². The molecule has 0 spiro atoms. The molecule has 122 valence electrons. The van der Waals surface area contributed by atoms with Crippen LogP contribution < -0.4 is 5.73 Å². The summed E-state index contributed by atoms with van der Waals surface area (Å²) in [5.74, 6) is 0. The van der Waals surface area contributed by atoms with E-state index in [4.69, 9.17) is 21.1 Å². The van der Waals surface area contributed by atoms with Gasteiger partial charge in [-0.05, 0) is 13.3 Å². The number of nitrogens with two attached hydrogens (primary N) is 1. The molecule has 0 bridgehead atoms. The fraction of sp³-hybridized carbons (Fsp3) is 1.00. The zero-order chi connectivity index (χ0) is 15.4. The van der Waals surface area contributed by atoms with Crippen molar-refractivity contribution in [3.8, 4) is 0 Å². The standard InChI is InChI=1S/C13H31N3O4/c1-12(20)10-13(16(5-8-18)6-9-19)11-15(3-2-14)4-7-17/h12-13,17-20H,2-11,14H2,1H3. The molecule has 0 aromatic heterocycles. The first-order valence-corrected chi connectivity index (χ1v) is 7.26. The van der Waals surface area contributed by atoms with Gasteiger partial charge in [-0.15, -0.1) is 0 Å². The summed E-state index contributed by atoms with van der Waals surface area (Å²) in [6, 6.07) is 0.00685. The van der Waals surface area contributed by atoms with Crippen molar-refractivity contribution in [2.24, 2.45) is 5.73 Å². The fourth-order valence-electron chi connectivity index (χ4n) is 2.38. The molecule has 0 aliphatic heterocycles. The normalized spacial score (nSPS) is 15.0. The van der Waals surface area contributed by atoms with Crippen LogP contribution in [0.2, 0.25) is 0 Å². The maximum Gasteiger partial charge on any atom is 0.0558 e. The third-order valence-corrected chi connectivity index (χ3v) is 3.23. The van der Waals surface area contributed by atoms with Crippen molar-refractivity contribution in [3.63, 3.8) is 0 Å². The van der Waals surface area contributed by atoms with Crippen molar-refractivity contribution in [2.45, 2.75) is 25.5 Å². The number of rotatable bonds is 13. The molecule has 0 amide bonds. The summed E-state index contributed by atoms with van der Waals surface area (Å²) in [4.78, 5) is 4.00. The minimum absolute atomic E-state index is 0.00685. The first-order chi connectivity index (χ1) is 9.58. The predicted octanol–water partition coefficient (Wildman–Crippen LogP) is -2.33. The molecule has 0 heterocycles. The smallest absolute Gasteiger partial charge is 0.0558 e. The minimum atomic E-state index is -0.464. The summed E-state index contributed by atoms with van der Waals surface area (Å²) >= 11 is 0. The first kappa shape index (κ1) is 19.7. The molecule has 0 aromatic carbocycles. The van der Waals surface area contributed by atoms with Gasteiger partial charge in [-0.1, -0.05) is 0 Å². The molecule has 0 rings (SSSR count). The number of aliphatic hydroxyl groups is 4. The van der Waals surface area contributed by atoms with Gasteiger partial charge in [-0.3, -0.25) is 9.80 Å². The minimum Gasteiger partial charge on any atom is -0.395 e. The molecule has 0 fully saturated rings. The highest BCUT2D eigenvalue weighted by Gasteiger charge is 2.22. The third-order valence-electron chi connectivity index (χ3n) is 3.23. The van der Waals surface area contributed by atoms with Crippen LogP contribution in [-0.2, 0) is 0 Å². The Morgan fingerprint density at radius 1 is 0.950 bits per heavy atom. The van der Waals surface area contributed by atoms with Gasteiger partial charge in [0.25, 0.3) is 0 Å². The van der Waals surface area contributed by atoms with Gasteiger partial charge in [0.05, 0.1) is 25.9 Å². The Bertz CT molecular complexity index is 208. The average molecular weight is 293 g/mol.